The van der Waals surface area contributed by atoms with Gasteiger partial charge in [0.25, 0.3) is 0 Å². The lowest BCUT2D eigenvalue weighted by atomic mass is 10.2. The number of pyridine rings is 1. The highest BCUT2D eigenvalue weighted by atomic mass is 35.5. The molecule has 122 valence electrons. The number of alkyl halides is 3. The van der Waals surface area contributed by atoms with Crippen LogP contribution in [-0.2, 0) is 16.7 Å². The van der Waals surface area contributed by atoms with E-state index in [1.807, 2.05) is 30.3 Å². The number of thioether (sulfide) groups is 1. The summed E-state index contributed by atoms with van der Waals surface area (Å²) in [4.78, 5) is 15.3. The van der Waals surface area contributed by atoms with Crippen molar-refractivity contribution in [1.82, 2.24) is 4.98 Å². The number of amides is 1. The van der Waals surface area contributed by atoms with Crippen molar-refractivity contribution in [1.29, 1.82) is 0 Å². The van der Waals surface area contributed by atoms with Gasteiger partial charge >= 0.3 is 6.18 Å². The van der Waals surface area contributed by atoms with Crippen LogP contribution in [0.4, 0.5) is 19.0 Å². The average Bonchev–Trinajstić information content (AvgIpc) is 2.49. The van der Waals surface area contributed by atoms with Gasteiger partial charge < -0.3 is 5.32 Å². The van der Waals surface area contributed by atoms with Gasteiger partial charge in [0.15, 0.2) is 5.82 Å². The second-order valence-electron chi connectivity index (χ2n) is 4.58. The molecule has 0 saturated heterocycles. The molecule has 0 atom stereocenters. The smallest absolute Gasteiger partial charge is 0.309 e. The fourth-order valence-corrected chi connectivity index (χ4v) is 2.69. The second kappa shape index (κ2) is 7.70. The molecule has 0 aliphatic heterocycles. The molecule has 0 unspecified atom stereocenters. The molecule has 23 heavy (non-hydrogen) atoms. The molecule has 1 amide bonds. The Hall–Kier alpha value is -1.73. The van der Waals surface area contributed by atoms with E-state index in [1.165, 1.54) is 11.8 Å². The van der Waals surface area contributed by atoms with Crippen molar-refractivity contribution in [2.75, 3.05) is 11.1 Å². The predicted octanol–water partition coefficient (Wildman–Crippen LogP) is 4.63. The molecular formula is C15H12ClF3N2OS. The van der Waals surface area contributed by atoms with Gasteiger partial charge in [-0.15, -0.1) is 11.8 Å². The van der Waals surface area contributed by atoms with Crippen molar-refractivity contribution in [2.24, 2.45) is 0 Å². The van der Waals surface area contributed by atoms with Crippen molar-refractivity contribution < 1.29 is 18.0 Å². The van der Waals surface area contributed by atoms with Crippen LogP contribution in [-0.4, -0.2) is 16.6 Å². The third-order valence-corrected chi connectivity index (χ3v) is 4.06. The number of nitrogens with zero attached hydrogens (tertiary/aromatic N) is 1. The Morgan fingerprint density at radius 2 is 1.96 bits per heavy atom. The molecule has 2 rings (SSSR count). The van der Waals surface area contributed by atoms with Crippen LogP contribution in [0, 0.1) is 0 Å². The number of carbonyl (C=O) groups is 1. The fourth-order valence-electron chi connectivity index (χ4n) is 1.69. The van der Waals surface area contributed by atoms with Crippen LogP contribution in [0.25, 0.3) is 0 Å². The second-order valence-corrected chi connectivity index (χ2v) is 5.97. The summed E-state index contributed by atoms with van der Waals surface area (Å²) in [7, 11) is 0. The molecule has 0 radical (unpaired) electrons. The molecular weight excluding hydrogens is 349 g/mol. The molecule has 0 aliphatic carbocycles. The van der Waals surface area contributed by atoms with Crippen LogP contribution in [0.1, 0.15) is 11.1 Å². The number of nitrogens with one attached hydrogen (secondary N) is 1. The third kappa shape index (κ3) is 5.44. The van der Waals surface area contributed by atoms with E-state index in [0.717, 1.165) is 11.6 Å². The van der Waals surface area contributed by atoms with Gasteiger partial charge in [-0.25, -0.2) is 4.98 Å². The largest absolute Gasteiger partial charge is 0.417 e. The van der Waals surface area contributed by atoms with Gasteiger partial charge in [0.05, 0.1) is 16.3 Å². The van der Waals surface area contributed by atoms with Gasteiger partial charge in [-0.1, -0.05) is 41.9 Å². The zero-order valence-electron chi connectivity index (χ0n) is 11.7. The zero-order valence-corrected chi connectivity index (χ0v) is 13.3. The van der Waals surface area contributed by atoms with Crippen molar-refractivity contribution in [3.8, 4) is 0 Å². The van der Waals surface area contributed by atoms with Gasteiger partial charge in [-0.2, -0.15) is 13.2 Å². The number of hydrogen-bond donors (Lipinski definition) is 1. The highest BCUT2D eigenvalue weighted by Crippen LogP contribution is 2.32. The number of carbonyl (C=O) groups excluding carboxylic acids is 1. The minimum absolute atomic E-state index is 0.0787. The van der Waals surface area contributed by atoms with E-state index in [2.05, 4.69) is 10.3 Å². The first-order chi connectivity index (χ1) is 10.9. The monoisotopic (exact) mass is 360 g/mol. The van der Waals surface area contributed by atoms with Crippen LogP contribution in [0.3, 0.4) is 0 Å². The molecule has 0 fully saturated rings. The summed E-state index contributed by atoms with van der Waals surface area (Å²) in [6.45, 7) is 0. The van der Waals surface area contributed by atoms with Crippen LogP contribution < -0.4 is 5.32 Å². The van der Waals surface area contributed by atoms with E-state index in [9.17, 15) is 18.0 Å². The van der Waals surface area contributed by atoms with Gasteiger partial charge in [-0.05, 0) is 11.6 Å². The minimum atomic E-state index is -4.52. The molecule has 1 heterocycles. The summed E-state index contributed by atoms with van der Waals surface area (Å²) in [6, 6.07) is 10.3. The quantitative estimate of drug-likeness (QED) is 0.845. The van der Waals surface area contributed by atoms with E-state index >= 15 is 0 Å². The Morgan fingerprint density at radius 1 is 1.26 bits per heavy atom. The molecule has 0 saturated carbocycles. The van der Waals surface area contributed by atoms with Gasteiger partial charge in [-0.3, -0.25) is 4.79 Å². The Bertz CT molecular complexity index is 680. The number of aromatic nitrogens is 1. The molecule has 0 bridgehead atoms. The Balaban J connectivity index is 1.88. The molecule has 0 aliphatic rings. The third-order valence-electron chi connectivity index (χ3n) is 2.77. The first-order valence-electron chi connectivity index (χ1n) is 6.50. The van der Waals surface area contributed by atoms with E-state index < -0.39 is 11.7 Å². The summed E-state index contributed by atoms with van der Waals surface area (Å²) in [5.74, 6) is 0.348. The molecule has 8 heteroatoms. The lowest BCUT2D eigenvalue weighted by Crippen LogP contribution is -2.16. The molecule has 1 N–H and O–H groups in total. The topological polar surface area (TPSA) is 42.0 Å². The summed E-state index contributed by atoms with van der Waals surface area (Å²) in [5.41, 5.74) is 0.120. The van der Waals surface area contributed by atoms with E-state index in [1.54, 1.807) is 0 Å². The Morgan fingerprint density at radius 3 is 2.57 bits per heavy atom. The summed E-state index contributed by atoms with van der Waals surface area (Å²) < 4.78 is 37.5. The zero-order chi connectivity index (χ0) is 16.9. The van der Waals surface area contributed by atoms with Crippen LogP contribution in [0.5, 0.6) is 0 Å². The maximum absolute atomic E-state index is 12.5. The standard InChI is InChI=1S/C15H12ClF3N2OS/c16-12-6-11(15(17,18)19)7-20-14(12)21-13(22)9-23-8-10-4-2-1-3-5-10/h1-7H,8-9H2,(H,20,21,22). The number of benzene rings is 1. The number of rotatable bonds is 5. The maximum atomic E-state index is 12.5. The molecule has 1 aromatic carbocycles. The number of hydrogen-bond acceptors (Lipinski definition) is 3. The van der Waals surface area contributed by atoms with E-state index in [-0.39, 0.29) is 22.5 Å². The van der Waals surface area contributed by atoms with Crippen LogP contribution in [0.2, 0.25) is 5.02 Å². The predicted molar refractivity (Wildman–Crippen MR) is 85.5 cm³/mol. The van der Waals surface area contributed by atoms with Crippen molar-refractivity contribution in [3.63, 3.8) is 0 Å². The molecule has 2 aromatic rings. The van der Waals surface area contributed by atoms with Gasteiger partial charge in [0, 0.05) is 11.9 Å². The summed E-state index contributed by atoms with van der Waals surface area (Å²) in [5, 5.41) is 2.16. The maximum Gasteiger partial charge on any atom is 0.417 e. The SMILES string of the molecule is O=C(CSCc1ccccc1)Nc1ncc(C(F)(F)F)cc1Cl. The molecule has 1 aromatic heterocycles. The van der Waals surface area contributed by atoms with Crippen LogP contribution in [0.15, 0.2) is 42.6 Å². The van der Waals surface area contributed by atoms with Gasteiger partial charge in [0.1, 0.15) is 0 Å². The summed E-state index contributed by atoms with van der Waals surface area (Å²) in [6.07, 6.45) is -3.89. The Labute approximate surface area is 140 Å². The Kier molecular flexibility index (Phi) is 5.90. The number of halogens is 4. The fraction of sp³-hybridized carbons (Fsp3) is 0.200. The van der Waals surface area contributed by atoms with Crippen molar-refractivity contribution >= 4 is 35.1 Å². The molecule has 3 nitrogen and oxygen atoms in total. The first-order valence-corrected chi connectivity index (χ1v) is 8.04. The first kappa shape index (κ1) is 17.6. The number of anilines is 1. The highest BCUT2D eigenvalue weighted by Gasteiger charge is 2.31. The lowest BCUT2D eigenvalue weighted by molar-refractivity contribution is -0.137. The van der Waals surface area contributed by atoms with Crippen LogP contribution >= 0.6 is 23.4 Å². The normalized spacial score (nSPS) is 11.3. The average molecular weight is 361 g/mol. The van der Waals surface area contributed by atoms with E-state index in [0.29, 0.717) is 11.9 Å². The van der Waals surface area contributed by atoms with Crippen molar-refractivity contribution in [3.05, 3.63) is 58.7 Å². The van der Waals surface area contributed by atoms with Crippen molar-refractivity contribution in [2.45, 2.75) is 11.9 Å². The van der Waals surface area contributed by atoms with E-state index in [4.69, 9.17) is 11.6 Å². The molecule has 0 spiro atoms. The minimum Gasteiger partial charge on any atom is -0.309 e. The van der Waals surface area contributed by atoms with Gasteiger partial charge in [0.2, 0.25) is 5.91 Å². The highest BCUT2D eigenvalue weighted by molar-refractivity contribution is 7.99. The lowest BCUT2D eigenvalue weighted by Gasteiger charge is -2.10. The summed E-state index contributed by atoms with van der Waals surface area (Å²) >= 11 is 7.11.